The van der Waals surface area contributed by atoms with Crippen LogP contribution in [0.3, 0.4) is 0 Å². The maximum Gasteiger partial charge on any atom is 0.417 e. The molecule has 0 aliphatic carbocycles. The fraction of sp³-hybridized carbons (Fsp3) is 0.250. The second-order valence-corrected chi connectivity index (χ2v) is 5.15. The third-order valence-electron chi connectivity index (χ3n) is 3.01. The highest BCUT2D eigenvalue weighted by atomic mass is 35.5. The van der Waals surface area contributed by atoms with Gasteiger partial charge in [-0.3, -0.25) is 4.79 Å². The van der Waals surface area contributed by atoms with Crippen LogP contribution in [0.4, 0.5) is 13.2 Å². The number of hydrogen-bond acceptors (Lipinski definition) is 4. The molecule has 8 heteroatoms. The number of aromatic nitrogens is 1. The molecule has 2 rings (SSSR count). The van der Waals surface area contributed by atoms with Crippen molar-refractivity contribution in [3.05, 3.63) is 48.2 Å². The van der Waals surface area contributed by atoms with Crippen molar-refractivity contribution in [1.29, 1.82) is 0 Å². The number of nitrogens with zero attached hydrogens (tertiary/aromatic N) is 1. The lowest BCUT2D eigenvalue weighted by atomic mass is 10.3. The quantitative estimate of drug-likeness (QED) is 0.694. The molecule has 128 valence electrons. The van der Waals surface area contributed by atoms with E-state index in [1.54, 1.807) is 31.2 Å². The smallest absolute Gasteiger partial charge is 0.417 e. The second kappa shape index (κ2) is 7.53. The van der Waals surface area contributed by atoms with Gasteiger partial charge in [0.1, 0.15) is 11.5 Å². The number of halogens is 4. The Morgan fingerprint density at radius 1 is 1.17 bits per heavy atom. The van der Waals surface area contributed by atoms with Crippen LogP contribution in [0.15, 0.2) is 42.6 Å². The van der Waals surface area contributed by atoms with Crippen molar-refractivity contribution in [2.24, 2.45) is 0 Å². The van der Waals surface area contributed by atoms with Gasteiger partial charge in [0.25, 0.3) is 5.24 Å². The van der Waals surface area contributed by atoms with Crippen LogP contribution in [0.1, 0.15) is 18.9 Å². The summed E-state index contributed by atoms with van der Waals surface area (Å²) in [6.07, 6.45) is -4.06. The van der Waals surface area contributed by atoms with Crippen LogP contribution in [-0.2, 0) is 11.0 Å². The van der Waals surface area contributed by atoms with E-state index in [1.807, 2.05) is 0 Å². The lowest BCUT2D eigenvalue weighted by Gasteiger charge is -2.13. The highest BCUT2D eigenvalue weighted by Crippen LogP contribution is 2.30. The van der Waals surface area contributed by atoms with E-state index in [-0.39, 0.29) is 5.88 Å². The largest absolute Gasteiger partial charge is 0.481 e. The van der Waals surface area contributed by atoms with E-state index in [0.717, 1.165) is 12.1 Å². The zero-order valence-corrected chi connectivity index (χ0v) is 13.3. The summed E-state index contributed by atoms with van der Waals surface area (Å²) in [6.45, 7) is 1.76. The molecule has 0 aliphatic rings. The van der Waals surface area contributed by atoms with E-state index in [9.17, 15) is 18.0 Å². The van der Waals surface area contributed by atoms with Gasteiger partial charge in [-0.15, -0.1) is 0 Å². The molecule has 1 aromatic carbocycles. The van der Waals surface area contributed by atoms with Crippen LogP contribution >= 0.6 is 11.6 Å². The Morgan fingerprint density at radius 3 is 2.25 bits per heavy atom. The maximum absolute atomic E-state index is 12.5. The summed E-state index contributed by atoms with van der Waals surface area (Å²) in [5.74, 6) is 0.808. The maximum atomic E-state index is 12.5. The summed E-state index contributed by atoms with van der Waals surface area (Å²) in [5, 5.41) is -0.591. The molecule has 0 N–H and O–H groups in total. The van der Waals surface area contributed by atoms with E-state index in [2.05, 4.69) is 4.98 Å². The summed E-state index contributed by atoms with van der Waals surface area (Å²) in [4.78, 5) is 14.7. The van der Waals surface area contributed by atoms with Crippen molar-refractivity contribution >= 4 is 16.8 Å². The molecule has 0 aliphatic heterocycles. The van der Waals surface area contributed by atoms with Gasteiger partial charge < -0.3 is 9.47 Å². The fourth-order valence-electron chi connectivity index (χ4n) is 1.77. The molecule has 24 heavy (non-hydrogen) atoms. The minimum absolute atomic E-state index is 0.0269. The number of benzene rings is 1. The van der Waals surface area contributed by atoms with Crippen molar-refractivity contribution in [2.75, 3.05) is 0 Å². The molecule has 0 amide bonds. The van der Waals surface area contributed by atoms with Gasteiger partial charge >= 0.3 is 6.18 Å². The zero-order chi connectivity index (χ0) is 17.7. The molecule has 0 radical (unpaired) electrons. The van der Waals surface area contributed by atoms with E-state index >= 15 is 0 Å². The van der Waals surface area contributed by atoms with Crippen molar-refractivity contribution in [3.8, 4) is 17.4 Å². The molecule has 2 aromatic rings. The Kier molecular flexibility index (Phi) is 5.66. The topological polar surface area (TPSA) is 48.4 Å². The predicted octanol–water partition coefficient (Wildman–Crippen LogP) is 4.82. The Balaban J connectivity index is 2.02. The van der Waals surface area contributed by atoms with Crippen molar-refractivity contribution in [2.45, 2.75) is 25.6 Å². The van der Waals surface area contributed by atoms with E-state index in [4.69, 9.17) is 21.1 Å². The number of pyridine rings is 1. The first kappa shape index (κ1) is 18.1. The van der Waals surface area contributed by atoms with E-state index in [0.29, 0.717) is 24.1 Å². The Hall–Kier alpha value is -2.28. The standard InChI is InChI=1S/C16H13ClF3NO3/c1-2-13(15(17)22)23-11-4-6-12(7-5-11)24-14-8-3-10(9-21-14)16(18,19)20/h3-9,13H,2H2,1H3. The molecule has 1 heterocycles. The SMILES string of the molecule is CCC(Oc1ccc(Oc2ccc(C(F)(F)F)cn2)cc1)C(=O)Cl. The molecule has 0 saturated carbocycles. The number of rotatable bonds is 6. The number of alkyl halides is 3. The summed E-state index contributed by atoms with van der Waals surface area (Å²) in [6, 6.07) is 8.22. The van der Waals surface area contributed by atoms with Crippen LogP contribution in [0.2, 0.25) is 0 Å². The van der Waals surface area contributed by atoms with Crippen molar-refractivity contribution < 1.29 is 27.4 Å². The average Bonchev–Trinajstić information content (AvgIpc) is 2.53. The number of ether oxygens (including phenoxy) is 2. The molecule has 0 bridgehead atoms. The first-order valence-corrected chi connectivity index (χ1v) is 7.34. The molecule has 4 nitrogen and oxygen atoms in total. The van der Waals surface area contributed by atoms with Crippen molar-refractivity contribution in [1.82, 2.24) is 4.98 Å². The summed E-state index contributed by atoms with van der Waals surface area (Å²) in [7, 11) is 0. The van der Waals surface area contributed by atoms with Gasteiger partial charge in [0.2, 0.25) is 5.88 Å². The first-order chi connectivity index (χ1) is 11.3. The number of carbonyl (C=O) groups is 1. The van der Waals surface area contributed by atoms with Crippen LogP contribution in [0.25, 0.3) is 0 Å². The zero-order valence-electron chi connectivity index (χ0n) is 12.5. The molecule has 1 unspecified atom stereocenters. The van der Waals surface area contributed by atoms with Gasteiger partial charge in [0, 0.05) is 12.3 Å². The highest BCUT2D eigenvalue weighted by molar-refractivity contribution is 6.64. The van der Waals surface area contributed by atoms with E-state index in [1.165, 1.54) is 0 Å². The molecule has 0 fully saturated rings. The van der Waals surface area contributed by atoms with Gasteiger partial charge in [-0.1, -0.05) is 6.92 Å². The van der Waals surface area contributed by atoms with Gasteiger partial charge in [-0.05, 0) is 48.4 Å². The molecule has 0 saturated heterocycles. The van der Waals surface area contributed by atoms with Crippen LogP contribution in [0.5, 0.6) is 17.4 Å². The number of hydrogen-bond donors (Lipinski definition) is 0. The van der Waals surface area contributed by atoms with Crippen LogP contribution in [-0.4, -0.2) is 16.3 Å². The first-order valence-electron chi connectivity index (χ1n) is 6.96. The van der Waals surface area contributed by atoms with Gasteiger partial charge in [0.15, 0.2) is 6.10 Å². The van der Waals surface area contributed by atoms with E-state index < -0.39 is 23.1 Å². The summed E-state index contributed by atoms with van der Waals surface area (Å²) >= 11 is 5.40. The van der Waals surface area contributed by atoms with Crippen LogP contribution < -0.4 is 9.47 Å². The Labute approximate surface area is 141 Å². The Morgan fingerprint density at radius 2 is 1.79 bits per heavy atom. The third-order valence-corrected chi connectivity index (χ3v) is 3.26. The molecular formula is C16H13ClF3NO3. The molecule has 0 spiro atoms. The van der Waals surface area contributed by atoms with Crippen molar-refractivity contribution in [3.63, 3.8) is 0 Å². The minimum atomic E-state index is -4.44. The second-order valence-electron chi connectivity index (χ2n) is 4.78. The lowest BCUT2D eigenvalue weighted by molar-refractivity contribution is -0.137. The normalized spacial score (nSPS) is 12.5. The summed E-state index contributed by atoms with van der Waals surface area (Å²) in [5.41, 5.74) is -0.852. The Bertz CT molecular complexity index is 687. The average molecular weight is 360 g/mol. The van der Waals surface area contributed by atoms with Gasteiger partial charge in [-0.25, -0.2) is 4.98 Å². The third kappa shape index (κ3) is 4.86. The van der Waals surface area contributed by atoms with Gasteiger partial charge in [-0.2, -0.15) is 13.2 Å². The molecular weight excluding hydrogens is 347 g/mol. The molecule has 1 atom stereocenters. The fourth-order valence-corrected chi connectivity index (χ4v) is 1.97. The summed E-state index contributed by atoms with van der Waals surface area (Å²) < 4.78 is 48.1. The number of carbonyl (C=O) groups excluding carboxylic acids is 1. The lowest BCUT2D eigenvalue weighted by Crippen LogP contribution is -2.22. The van der Waals surface area contributed by atoms with Gasteiger partial charge in [0.05, 0.1) is 5.56 Å². The predicted molar refractivity (Wildman–Crippen MR) is 81.3 cm³/mol. The molecule has 1 aromatic heterocycles. The highest BCUT2D eigenvalue weighted by Gasteiger charge is 2.30. The minimum Gasteiger partial charge on any atom is -0.481 e. The monoisotopic (exact) mass is 359 g/mol. The van der Waals surface area contributed by atoms with Crippen LogP contribution in [0, 0.1) is 0 Å².